The number of aromatic amines is 1. The van der Waals surface area contributed by atoms with Crippen LogP contribution in [0.1, 0.15) is 0 Å². The van der Waals surface area contributed by atoms with Crippen LogP contribution in [0.5, 0.6) is 0 Å². The molecule has 1 aromatic heterocycles. The van der Waals surface area contributed by atoms with Crippen molar-refractivity contribution in [3.63, 3.8) is 0 Å². The average Bonchev–Trinajstić information content (AvgIpc) is 2.84. The first kappa shape index (κ1) is 11.7. The van der Waals surface area contributed by atoms with Crippen LogP contribution in [0.15, 0.2) is 54.6 Å². The van der Waals surface area contributed by atoms with E-state index in [1.807, 2.05) is 54.6 Å². The molecule has 0 aliphatic carbocycles. The van der Waals surface area contributed by atoms with Gasteiger partial charge in [-0.3, -0.25) is 10.00 Å². The molecule has 0 amide bonds. The molecular formula is C14H12N4S. The summed E-state index contributed by atoms with van der Waals surface area (Å²) in [6.45, 7) is 0. The number of hydrogen-bond acceptors (Lipinski definition) is 2. The standard InChI is InChI=1S/C14H12N4S/c15-14(19)18(10-6-2-1-3-7-10)13-11-8-4-5-9-12(11)16-17-13/h1-9H,(H2,15,19)(H,16,17). The second kappa shape index (κ2) is 4.70. The van der Waals surface area contributed by atoms with E-state index >= 15 is 0 Å². The van der Waals surface area contributed by atoms with Crippen LogP contribution in [0.25, 0.3) is 10.9 Å². The maximum atomic E-state index is 5.85. The lowest BCUT2D eigenvalue weighted by Gasteiger charge is -2.20. The number of aromatic nitrogens is 2. The zero-order chi connectivity index (χ0) is 13.2. The van der Waals surface area contributed by atoms with Crippen LogP contribution >= 0.6 is 12.2 Å². The van der Waals surface area contributed by atoms with Crippen molar-refractivity contribution < 1.29 is 0 Å². The van der Waals surface area contributed by atoms with Crippen LogP contribution in [0, 0.1) is 0 Å². The van der Waals surface area contributed by atoms with Gasteiger partial charge < -0.3 is 5.73 Å². The second-order valence-corrected chi connectivity index (χ2v) is 4.52. The van der Waals surface area contributed by atoms with Gasteiger partial charge in [-0.25, -0.2) is 0 Å². The van der Waals surface area contributed by atoms with Gasteiger partial charge in [0.1, 0.15) is 0 Å². The fraction of sp³-hybridized carbons (Fsp3) is 0. The topological polar surface area (TPSA) is 57.9 Å². The van der Waals surface area contributed by atoms with Crippen molar-refractivity contribution in [1.82, 2.24) is 10.2 Å². The molecule has 4 nitrogen and oxygen atoms in total. The minimum Gasteiger partial charge on any atom is -0.376 e. The average molecular weight is 268 g/mol. The van der Waals surface area contributed by atoms with E-state index in [0.29, 0.717) is 5.82 Å². The molecule has 19 heavy (non-hydrogen) atoms. The molecule has 3 N–H and O–H groups in total. The Morgan fingerprint density at radius 2 is 1.74 bits per heavy atom. The predicted molar refractivity (Wildman–Crippen MR) is 81.5 cm³/mol. The molecule has 5 heteroatoms. The zero-order valence-electron chi connectivity index (χ0n) is 10.1. The van der Waals surface area contributed by atoms with Crippen molar-refractivity contribution in [3.8, 4) is 0 Å². The summed E-state index contributed by atoms with van der Waals surface area (Å²) in [5.74, 6) is 0.717. The molecule has 1 heterocycles. The Morgan fingerprint density at radius 1 is 1.05 bits per heavy atom. The highest BCUT2D eigenvalue weighted by molar-refractivity contribution is 7.80. The van der Waals surface area contributed by atoms with Crippen LogP contribution in [0.3, 0.4) is 0 Å². The van der Waals surface area contributed by atoms with Crippen LogP contribution in [-0.2, 0) is 0 Å². The molecule has 0 saturated carbocycles. The molecule has 0 aliphatic heterocycles. The second-order valence-electron chi connectivity index (χ2n) is 4.10. The van der Waals surface area contributed by atoms with Crippen LogP contribution in [-0.4, -0.2) is 15.3 Å². The SMILES string of the molecule is NC(=S)N(c1ccccc1)c1n[nH]c2ccccc12. The molecule has 0 spiro atoms. The fourth-order valence-electron chi connectivity index (χ4n) is 2.05. The van der Waals surface area contributed by atoms with Gasteiger partial charge >= 0.3 is 0 Å². The molecule has 0 radical (unpaired) electrons. The fourth-order valence-corrected chi connectivity index (χ4v) is 2.24. The van der Waals surface area contributed by atoms with E-state index in [0.717, 1.165) is 16.6 Å². The van der Waals surface area contributed by atoms with Gasteiger partial charge in [0.25, 0.3) is 0 Å². The highest BCUT2D eigenvalue weighted by atomic mass is 32.1. The highest BCUT2D eigenvalue weighted by Gasteiger charge is 2.17. The Labute approximate surface area is 115 Å². The predicted octanol–water partition coefficient (Wildman–Crippen LogP) is 2.94. The summed E-state index contributed by atoms with van der Waals surface area (Å²) < 4.78 is 0. The maximum Gasteiger partial charge on any atom is 0.176 e. The Kier molecular flexibility index (Phi) is 2.89. The van der Waals surface area contributed by atoms with E-state index in [1.165, 1.54) is 0 Å². The monoisotopic (exact) mass is 268 g/mol. The molecule has 0 bridgehead atoms. The molecule has 3 aromatic rings. The Bertz CT molecular complexity index is 720. The minimum atomic E-state index is 0.267. The van der Waals surface area contributed by atoms with E-state index in [-0.39, 0.29) is 5.11 Å². The van der Waals surface area contributed by atoms with Gasteiger partial charge in [0.15, 0.2) is 10.9 Å². The van der Waals surface area contributed by atoms with Gasteiger partial charge in [0.2, 0.25) is 0 Å². The Morgan fingerprint density at radius 3 is 2.47 bits per heavy atom. The number of benzene rings is 2. The van der Waals surface area contributed by atoms with Crippen LogP contribution in [0.2, 0.25) is 0 Å². The van der Waals surface area contributed by atoms with Crippen molar-refractivity contribution in [2.45, 2.75) is 0 Å². The van der Waals surface area contributed by atoms with E-state index < -0.39 is 0 Å². The number of nitrogens with two attached hydrogens (primary N) is 1. The summed E-state index contributed by atoms with van der Waals surface area (Å²) in [7, 11) is 0. The molecule has 0 aliphatic rings. The van der Waals surface area contributed by atoms with Gasteiger partial charge in [0, 0.05) is 11.1 Å². The number of para-hydroxylation sites is 2. The van der Waals surface area contributed by atoms with Crippen LogP contribution in [0.4, 0.5) is 11.5 Å². The van der Waals surface area contributed by atoms with Gasteiger partial charge in [-0.1, -0.05) is 30.3 Å². The lowest BCUT2D eigenvalue weighted by Crippen LogP contribution is -2.31. The lowest BCUT2D eigenvalue weighted by molar-refractivity contribution is 1.09. The van der Waals surface area contributed by atoms with E-state index in [1.54, 1.807) is 4.90 Å². The summed E-state index contributed by atoms with van der Waals surface area (Å²) in [4.78, 5) is 1.76. The number of thiocarbonyl (C=S) groups is 1. The van der Waals surface area contributed by atoms with Crippen molar-refractivity contribution in [1.29, 1.82) is 0 Å². The third-order valence-electron chi connectivity index (χ3n) is 2.90. The van der Waals surface area contributed by atoms with E-state index in [9.17, 15) is 0 Å². The molecule has 0 unspecified atom stereocenters. The highest BCUT2D eigenvalue weighted by Crippen LogP contribution is 2.29. The summed E-state index contributed by atoms with van der Waals surface area (Å²) in [6.07, 6.45) is 0. The third kappa shape index (κ3) is 2.04. The van der Waals surface area contributed by atoms with Crippen molar-refractivity contribution >= 4 is 39.7 Å². The van der Waals surface area contributed by atoms with Crippen molar-refractivity contribution in [3.05, 3.63) is 54.6 Å². The smallest absolute Gasteiger partial charge is 0.176 e. The molecule has 0 fully saturated rings. The first-order valence-electron chi connectivity index (χ1n) is 5.85. The summed E-state index contributed by atoms with van der Waals surface area (Å²) in [5, 5.41) is 8.57. The summed E-state index contributed by atoms with van der Waals surface area (Å²) >= 11 is 5.16. The molecule has 0 atom stereocenters. The van der Waals surface area contributed by atoms with E-state index in [4.69, 9.17) is 18.0 Å². The summed E-state index contributed by atoms with van der Waals surface area (Å²) in [5.41, 5.74) is 7.70. The first-order chi connectivity index (χ1) is 9.27. The summed E-state index contributed by atoms with van der Waals surface area (Å²) in [6, 6.07) is 17.6. The van der Waals surface area contributed by atoms with E-state index in [2.05, 4.69) is 10.2 Å². The van der Waals surface area contributed by atoms with Crippen molar-refractivity contribution in [2.75, 3.05) is 4.90 Å². The molecule has 0 saturated heterocycles. The lowest BCUT2D eigenvalue weighted by atomic mass is 10.2. The third-order valence-corrected chi connectivity index (χ3v) is 3.08. The number of H-pyrrole nitrogens is 1. The van der Waals surface area contributed by atoms with Gasteiger partial charge in [-0.05, 0) is 36.5 Å². The molecule has 3 rings (SSSR count). The molecular weight excluding hydrogens is 256 g/mol. The Balaban J connectivity index is 2.18. The number of fused-ring (bicyclic) bond motifs is 1. The van der Waals surface area contributed by atoms with Crippen LogP contribution < -0.4 is 10.6 Å². The van der Waals surface area contributed by atoms with Gasteiger partial charge in [-0.15, -0.1) is 0 Å². The number of nitrogens with zero attached hydrogens (tertiary/aromatic N) is 2. The number of hydrogen-bond donors (Lipinski definition) is 2. The minimum absolute atomic E-state index is 0.267. The number of nitrogens with one attached hydrogen (secondary N) is 1. The molecule has 2 aromatic carbocycles. The zero-order valence-corrected chi connectivity index (χ0v) is 10.9. The number of rotatable bonds is 2. The molecule has 94 valence electrons. The number of anilines is 2. The maximum absolute atomic E-state index is 5.85. The van der Waals surface area contributed by atoms with Gasteiger partial charge in [-0.2, -0.15) is 5.10 Å². The Hall–Kier alpha value is -2.40. The largest absolute Gasteiger partial charge is 0.376 e. The first-order valence-corrected chi connectivity index (χ1v) is 6.26. The normalized spacial score (nSPS) is 10.5. The van der Waals surface area contributed by atoms with Crippen molar-refractivity contribution in [2.24, 2.45) is 5.73 Å². The quantitative estimate of drug-likeness (QED) is 0.702. The van der Waals surface area contributed by atoms with Gasteiger partial charge in [0.05, 0.1) is 5.52 Å².